The van der Waals surface area contributed by atoms with Crippen molar-refractivity contribution >= 4 is 33.1 Å². The van der Waals surface area contributed by atoms with E-state index in [9.17, 15) is 4.79 Å². The van der Waals surface area contributed by atoms with E-state index in [-0.39, 0.29) is 5.91 Å². The number of carbonyl (C=O) groups is 1. The Kier molecular flexibility index (Phi) is 8.58. The molecule has 2 aromatic heterocycles. The van der Waals surface area contributed by atoms with Gasteiger partial charge < -0.3 is 15.0 Å². The third kappa shape index (κ3) is 6.55. The van der Waals surface area contributed by atoms with Crippen LogP contribution in [0.15, 0.2) is 23.7 Å². The molecule has 1 amide bonds. The summed E-state index contributed by atoms with van der Waals surface area (Å²) >= 11 is 1.80. The summed E-state index contributed by atoms with van der Waals surface area (Å²) in [6.07, 6.45) is 13.6. The second-order valence-electron chi connectivity index (χ2n) is 11.0. The lowest BCUT2D eigenvalue weighted by molar-refractivity contribution is -0.123. The van der Waals surface area contributed by atoms with E-state index in [1.807, 2.05) is 6.20 Å². The third-order valence-corrected chi connectivity index (χ3v) is 9.52. The van der Waals surface area contributed by atoms with Crippen molar-refractivity contribution in [3.63, 3.8) is 0 Å². The predicted molar refractivity (Wildman–Crippen MR) is 144 cm³/mol. The van der Waals surface area contributed by atoms with E-state index in [1.165, 1.54) is 48.7 Å². The van der Waals surface area contributed by atoms with Crippen LogP contribution in [0.5, 0.6) is 0 Å². The van der Waals surface area contributed by atoms with E-state index in [0.717, 1.165) is 63.6 Å². The largest absolute Gasteiger partial charge is 0.381 e. The zero-order chi connectivity index (χ0) is 24.0. The number of fused-ring (bicyclic) bond motifs is 1. The summed E-state index contributed by atoms with van der Waals surface area (Å²) in [5, 5.41) is 6.82. The molecule has 5 rings (SSSR count). The van der Waals surface area contributed by atoms with Crippen LogP contribution in [0.2, 0.25) is 0 Å². The quantitative estimate of drug-likeness (QED) is 0.550. The standard InChI is InChI=1S/C28H42N4O2S/c1-34-24-4-2-3-22(19-24)20-27(33)30-23-7-5-21(6-8-23)10-13-31-14-16-32(17-15-31)28-25-11-18-35-26(25)9-12-29-28/h9,11-12,18,21-24H,2-8,10,13-17,19-20H2,1H3,(H,30,33)/t21-,22-,23-,24-/m0/s1. The van der Waals surface area contributed by atoms with Crippen molar-refractivity contribution in [2.24, 2.45) is 11.8 Å². The molecule has 2 atom stereocenters. The molecule has 0 spiro atoms. The summed E-state index contributed by atoms with van der Waals surface area (Å²) in [7, 11) is 1.80. The van der Waals surface area contributed by atoms with Crippen LogP contribution in [-0.4, -0.2) is 67.8 Å². The maximum absolute atomic E-state index is 12.6. The van der Waals surface area contributed by atoms with Gasteiger partial charge in [-0.2, -0.15) is 0 Å². The number of methoxy groups -OCH3 is 1. The molecule has 192 valence electrons. The number of aromatic nitrogens is 1. The molecule has 2 aliphatic carbocycles. The highest BCUT2D eigenvalue weighted by atomic mass is 32.1. The molecule has 3 heterocycles. The van der Waals surface area contributed by atoms with Crippen LogP contribution in [0.25, 0.3) is 10.1 Å². The Bertz CT molecular complexity index is 949. The summed E-state index contributed by atoms with van der Waals surface area (Å²) in [6.45, 7) is 5.57. The number of nitrogens with one attached hydrogen (secondary N) is 1. The van der Waals surface area contributed by atoms with E-state index < -0.39 is 0 Å². The molecule has 0 aromatic carbocycles. The lowest BCUT2D eigenvalue weighted by Crippen LogP contribution is -2.47. The van der Waals surface area contributed by atoms with Gasteiger partial charge in [0.1, 0.15) is 5.82 Å². The fraction of sp³-hybridized carbons (Fsp3) is 0.714. The number of pyridine rings is 1. The van der Waals surface area contributed by atoms with Crippen LogP contribution in [0, 0.1) is 11.8 Å². The molecule has 2 saturated carbocycles. The Labute approximate surface area is 214 Å². The first-order valence-electron chi connectivity index (χ1n) is 13.8. The lowest BCUT2D eigenvalue weighted by atomic mass is 9.83. The molecule has 3 fully saturated rings. The minimum Gasteiger partial charge on any atom is -0.381 e. The number of carbonyl (C=O) groups excluding carboxylic acids is 1. The second-order valence-corrected chi connectivity index (χ2v) is 11.9. The number of anilines is 1. The van der Waals surface area contributed by atoms with E-state index >= 15 is 0 Å². The van der Waals surface area contributed by atoms with Crippen LogP contribution in [-0.2, 0) is 9.53 Å². The highest BCUT2D eigenvalue weighted by Crippen LogP contribution is 2.31. The van der Waals surface area contributed by atoms with Gasteiger partial charge in [-0.3, -0.25) is 9.69 Å². The van der Waals surface area contributed by atoms with Gasteiger partial charge in [0.05, 0.1) is 6.10 Å². The van der Waals surface area contributed by atoms with Crippen LogP contribution in [0.4, 0.5) is 5.82 Å². The highest BCUT2D eigenvalue weighted by molar-refractivity contribution is 7.17. The SMILES string of the molecule is CO[C@H]1CCC[C@H](CC(=O)N[C@H]2CC[C@H](CCN3CCN(c4nccc5sccc45)CC3)CC2)C1. The third-order valence-electron chi connectivity index (χ3n) is 8.64. The molecule has 35 heavy (non-hydrogen) atoms. The number of rotatable bonds is 8. The molecule has 7 heteroatoms. The molecule has 1 N–H and O–H groups in total. The number of ether oxygens (including phenoxy) is 1. The number of amides is 1. The van der Waals surface area contributed by atoms with Gasteiger partial charge >= 0.3 is 0 Å². The first kappa shape index (κ1) is 25.0. The van der Waals surface area contributed by atoms with Gasteiger partial charge in [-0.25, -0.2) is 4.98 Å². The molecule has 0 unspecified atom stereocenters. The van der Waals surface area contributed by atoms with Crippen LogP contribution < -0.4 is 10.2 Å². The number of hydrogen-bond donors (Lipinski definition) is 1. The van der Waals surface area contributed by atoms with E-state index in [0.29, 0.717) is 24.5 Å². The van der Waals surface area contributed by atoms with Crippen molar-refractivity contribution in [1.29, 1.82) is 0 Å². The fourth-order valence-electron chi connectivity index (χ4n) is 6.47. The van der Waals surface area contributed by atoms with E-state index in [4.69, 9.17) is 9.72 Å². The van der Waals surface area contributed by atoms with Crippen molar-refractivity contribution in [2.75, 3.05) is 44.7 Å². The predicted octanol–water partition coefficient (Wildman–Crippen LogP) is 5.08. The summed E-state index contributed by atoms with van der Waals surface area (Å²) in [5.41, 5.74) is 0. The summed E-state index contributed by atoms with van der Waals surface area (Å²) < 4.78 is 6.86. The van der Waals surface area contributed by atoms with Crippen molar-refractivity contribution in [2.45, 2.75) is 76.4 Å². The zero-order valence-corrected chi connectivity index (χ0v) is 22.1. The van der Waals surface area contributed by atoms with Gasteiger partial charge in [0, 0.05) is 62.0 Å². The van der Waals surface area contributed by atoms with Gasteiger partial charge in [0.15, 0.2) is 0 Å². The van der Waals surface area contributed by atoms with Crippen LogP contribution in [0.1, 0.15) is 64.2 Å². The Morgan fingerprint density at radius 1 is 1.09 bits per heavy atom. The summed E-state index contributed by atoms with van der Waals surface area (Å²) in [5.74, 6) is 2.73. The molecule has 1 aliphatic heterocycles. The van der Waals surface area contributed by atoms with Crippen molar-refractivity contribution in [1.82, 2.24) is 15.2 Å². The first-order valence-corrected chi connectivity index (χ1v) is 14.7. The topological polar surface area (TPSA) is 57.7 Å². The first-order chi connectivity index (χ1) is 17.2. The second kappa shape index (κ2) is 12.0. The number of hydrogen-bond acceptors (Lipinski definition) is 6. The van der Waals surface area contributed by atoms with Crippen LogP contribution in [0.3, 0.4) is 0 Å². The van der Waals surface area contributed by atoms with Crippen molar-refractivity contribution in [3.05, 3.63) is 23.7 Å². The Balaban J connectivity index is 0.980. The Morgan fingerprint density at radius 3 is 2.71 bits per heavy atom. The van der Waals surface area contributed by atoms with Crippen LogP contribution >= 0.6 is 11.3 Å². The molecular weight excluding hydrogens is 456 g/mol. The minimum atomic E-state index is 0.265. The molecule has 0 bridgehead atoms. The van der Waals surface area contributed by atoms with E-state index in [1.54, 1.807) is 18.4 Å². The normalized spacial score (nSPS) is 28.3. The number of thiophene rings is 1. The van der Waals surface area contributed by atoms with Crippen molar-refractivity contribution in [3.8, 4) is 0 Å². The number of nitrogens with zero attached hydrogens (tertiary/aromatic N) is 3. The Hall–Kier alpha value is -1.70. The van der Waals surface area contributed by atoms with Gasteiger partial charge in [-0.15, -0.1) is 11.3 Å². The minimum absolute atomic E-state index is 0.265. The summed E-state index contributed by atoms with van der Waals surface area (Å²) in [4.78, 5) is 22.4. The average Bonchev–Trinajstić information content (AvgIpc) is 3.38. The maximum atomic E-state index is 12.6. The van der Waals surface area contributed by atoms with Crippen molar-refractivity contribution < 1.29 is 9.53 Å². The number of piperazine rings is 1. The molecule has 6 nitrogen and oxygen atoms in total. The highest BCUT2D eigenvalue weighted by Gasteiger charge is 2.27. The lowest BCUT2D eigenvalue weighted by Gasteiger charge is -2.37. The fourth-order valence-corrected chi connectivity index (χ4v) is 7.24. The van der Waals surface area contributed by atoms with Gasteiger partial charge in [0.25, 0.3) is 0 Å². The monoisotopic (exact) mass is 498 g/mol. The van der Waals surface area contributed by atoms with Gasteiger partial charge in [-0.1, -0.05) is 6.42 Å². The molecule has 2 aromatic rings. The molecule has 3 aliphatic rings. The summed E-state index contributed by atoms with van der Waals surface area (Å²) in [6, 6.07) is 4.71. The Morgan fingerprint density at radius 2 is 1.91 bits per heavy atom. The average molecular weight is 499 g/mol. The molecular formula is C28H42N4O2S. The van der Waals surface area contributed by atoms with E-state index in [2.05, 4.69) is 32.6 Å². The maximum Gasteiger partial charge on any atom is 0.220 e. The van der Waals surface area contributed by atoms with Gasteiger partial charge in [0.2, 0.25) is 5.91 Å². The zero-order valence-electron chi connectivity index (χ0n) is 21.3. The van der Waals surface area contributed by atoms with Gasteiger partial charge in [-0.05, 0) is 87.3 Å². The smallest absolute Gasteiger partial charge is 0.220 e. The molecule has 0 radical (unpaired) electrons. The molecule has 1 saturated heterocycles.